The lowest BCUT2D eigenvalue weighted by atomic mass is 9.51. The maximum atomic E-state index is 13.4. The van der Waals surface area contributed by atoms with Crippen LogP contribution >= 0.6 is 23.2 Å². The number of piperazine rings is 1. The third kappa shape index (κ3) is 5.02. The molecule has 1 aromatic heterocycles. The molecule has 6 nitrogen and oxygen atoms in total. The first-order valence-corrected chi connectivity index (χ1v) is 14.9. The third-order valence-electron chi connectivity index (χ3n) is 9.67. The molecule has 0 atom stereocenters. The van der Waals surface area contributed by atoms with Crippen LogP contribution in [-0.2, 0) is 0 Å². The second kappa shape index (κ2) is 10.4. The smallest absolute Gasteiger partial charge is 0.272 e. The zero-order valence-corrected chi connectivity index (χ0v) is 23.6. The van der Waals surface area contributed by atoms with Gasteiger partial charge in [0.1, 0.15) is 5.82 Å². The fourth-order valence-corrected chi connectivity index (χ4v) is 8.53. The number of carbonyl (C=O) groups is 1. The van der Waals surface area contributed by atoms with E-state index in [1.165, 1.54) is 38.5 Å². The molecule has 1 amide bonds. The fourth-order valence-electron chi connectivity index (χ4n) is 8.05. The van der Waals surface area contributed by atoms with Crippen LogP contribution < -0.4 is 10.2 Å². The molecule has 5 aliphatic rings. The van der Waals surface area contributed by atoms with Crippen molar-refractivity contribution in [3.05, 3.63) is 39.5 Å². The topological polar surface area (TPSA) is 53.4 Å². The Kier molecular flexibility index (Phi) is 7.19. The van der Waals surface area contributed by atoms with E-state index in [2.05, 4.69) is 22.2 Å². The quantitative estimate of drug-likeness (QED) is 0.447. The molecule has 37 heavy (non-hydrogen) atoms. The maximum Gasteiger partial charge on any atom is 0.272 e. The molecule has 0 unspecified atom stereocenters. The Bertz CT molecular complexity index is 1130. The van der Waals surface area contributed by atoms with Crippen LogP contribution in [0.3, 0.4) is 0 Å². The molecule has 5 fully saturated rings. The van der Waals surface area contributed by atoms with Crippen molar-refractivity contribution in [3.8, 4) is 5.69 Å². The van der Waals surface area contributed by atoms with Gasteiger partial charge >= 0.3 is 0 Å². The first-order chi connectivity index (χ1) is 17.9. The highest BCUT2D eigenvalue weighted by atomic mass is 35.5. The zero-order valence-electron chi connectivity index (χ0n) is 22.1. The van der Waals surface area contributed by atoms with Crippen LogP contribution in [-0.4, -0.2) is 60.4 Å². The number of aromatic nitrogens is 2. The number of carbonyl (C=O) groups excluding carboxylic acids is 1. The molecule has 1 aromatic carbocycles. The molecule has 8 heteroatoms. The predicted octanol–water partition coefficient (Wildman–Crippen LogP) is 5.82. The Labute approximate surface area is 230 Å². The number of nitrogens with one attached hydrogen (secondary N) is 1. The number of benzene rings is 1. The van der Waals surface area contributed by atoms with E-state index in [0.717, 1.165) is 79.3 Å². The minimum Gasteiger partial charge on any atom is -0.354 e. The highest BCUT2D eigenvalue weighted by molar-refractivity contribution is 6.35. The largest absolute Gasteiger partial charge is 0.354 e. The number of anilines is 1. The van der Waals surface area contributed by atoms with Crippen molar-refractivity contribution in [1.29, 1.82) is 0 Å². The first kappa shape index (κ1) is 25.5. The van der Waals surface area contributed by atoms with Crippen LogP contribution in [0.15, 0.2) is 18.2 Å². The molecule has 1 aliphatic heterocycles. The van der Waals surface area contributed by atoms with Gasteiger partial charge in [-0.1, -0.05) is 23.2 Å². The summed E-state index contributed by atoms with van der Waals surface area (Å²) in [6, 6.07) is 5.42. The van der Waals surface area contributed by atoms with Crippen LogP contribution in [0.2, 0.25) is 10.0 Å². The van der Waals surface area contributed by atoms with E-state index in [1.54, 1.807) is 6.07 Å². The van der Waals surface area contributed by atoms with E-state index in [-0.39, 0.29) is 5.91 Å². The van der Waals surface area contributed by atoms with Gasteiger partial charge in [-0.15, -0.1) is 0 Å². The van der Waals surface area contributed by atoms with Crippen molar-refractivity contribution >= 4 is 34.9 Å². The predicted molar refractivity (Wildman–Crippen MR) is 150 cm³/mol. The summed E-state index contributed by atoms with van der Waals surface area (Å²) in [7, 11) is 2.14. The summed E-state index contributed by atoms with van der Waals surface area (Å²) in [6.45, 7) is 6.39. The second-order valence-electron chi connectivity index (χ2n) is 12.1. The summed E-state index contributed by atoms with van der Waals surface area (Å²) < 4.78 is 1.84. The minimum absolute atomic E-state index is 0.0956. The normalized spacial score (nSPS) is 29.2. The molecule has 2 heterocycles. The molecule has 0 spiro atoms. The lowest BCUT2D eigenvalue weighted by Crippen LogP contribution is -2.45. The molecular weight excluding hydrogens is 505 g/mol. The van der Waals surface area contributed by atoms with Crippen molar-refractivity contribution in [3.63, 3.8) is 0 Å². The van der Waals surface area contributed by atoms with Gasteiger partial charge in [0.2, 0.25) is 0 Å². The molecule has 7 rings (SSSR count). The number of halogens is 2. The van der Waals surface area contributed by atoms with E-state index < -0.39 is 0 Å². The number of hydrogen-bond acceptors (Lipinski definition) is 4. The highest BCUT2D eigenvalue weighted by Crippen LogP contribution is 2.57. The van der Waals surface area contributed by atoms with Crippen molar-refractivity contribution < 1.29 is 4.79 Å². The Morgan fingerprint density at radius 2 is 1.70 bits per heavy atom. The Hall–Kier alpha value is -1.76. The van der Waals surface area contributed by atoms with E-state index in [9.17, 15) is 4.79 Å². The van der Waals surface area contributed by atoms with Crippen LogP contribution in [0.5, 0.6) is 0 Å². The van der Waals surface area contributed by atoms with Crippen molar-refractivity contribution in [2.45, 2.75) is 51.9 Å². The summed E-state index contributed by atoms with van der Waals surface area (Å²) in [4.78, 5) is 18.0. The number of likely N-dealkylation sites (N-methyl/N-ethyl adjacent to an activating group) is 1. The molecule has 4 aliphatic carbocycles. The Morgan fingerprint density at radius 3 is 2.35 bits per heavy atom. The van der Waals surface area contributed by atoms with E-state index in [1.807, 2.05) is 23.7 Å². The molecule has 2 aromatic rings. The van der Waals surface area contributed by atoms with E-state index in [4.69, 9.17) is 28.3 Å². The number of hydrogen-bond donors (Lipinski definition) is 1. The number of rotatable bonds is 7. The van der Waals surface area contributed by atoms with Gasteiger partial charge < -0.3 is 15.1 Å². The van der Waals surface area contributed by atoms with Crippen LogP contribution in [0.4, 0.5) is 5.82 Å². The molecule has 1 N–H and O–H groups in total. The van der Waals surface area contributed by atoms with Gasteiger partial charge in [-0.2, -0.15) is 5.10 Å². The van der Waals surface area contributed by atoms with Gasteiger partial charge in [0.25, 0.3) is 5.91 Å². The SMILES string of the molecule is Cc1c(C(=O)NCCCC2C3CC4CC(C3)CC2C4)nn(-c2ccc(Cl)cc2Cl)c1N1CCN(C)CC1. The summed E-state index contributed by atoms with van der Waals surface area (Å²) in [5.74, 6) is 5.64. The number of amides is 1. The monoisotopic (exact) mass is 543 g/mol. The second-order valence-corrected chi connectivity index (χ2v) is 12.9. The van der Waals surface area contributed by atoms with Gasteiger partial charge in [-0.05, 0) is 107 Å². The molecular formula is C29H39Cl2N5O. The molecule has 0 radical (unpaired) electrons. The third-order valence-corrected chi connectivity index (χ3v) is 10.2. The Balaban J connectivity index is 1.16. The van der Waals surface area contributed by atoms with Crippen LogP contribution in [0.1, 0.15) is 61.0 Å². The highest BCUT2D eigenvalue weighted by Gasteiger charge is 2.47. The molecule has 200 valence electrons. The van der Waals surface area contributed by atoms with Crippen LogP contribution in [0, 0.1) is 36.5 Å². The van der Waals surface area contributed by atoms with Gasteiger partial charge in [0.05, 0.1) is 10.7 Å². The molecule has 4 saturated carbocycles. The van der Waals surface area contributed by atoms with Gasteiger partial charge in [-0.3, -0.25) is 4.79 Å². The molecule has 1 saturated heterocycles. The first-order valence-electron chi connectivity index (χ1n) is 14.1. The standard InChI is InChI=1S/C29H39Cl2N5O/c1-18-27(28(37)32-7-3-4-24-21-13-19-12-20(15-21)16-22(24)14-19)33-36(26-6-5-23(30)17-25(26)31)29(18)35-10-8-34(2)9-11-35/h5-6,17,19-22,24H,3-4,7-16H2,1-2H3,(H,32,37). The summed E-state index contributed by atoms with van der Waals surface area (Å²) >= 11 is 12.8. The summed E-state index contributed by atoms with van der Waals surface area (Å²) in [5, 5.41) is 9.11. The van der Waals surface area contributed by atoms with E-state index in [0.29, 0.717) is 22.3 Å². The zero-order chi connectivity index (χ0) is 25.7. The minimum atomic E-state index is -0.0956. The summed E-state index contributed by atoms with van der Waals surface area (Å²) in [6.07, 6.45) is 9.64. The lowest BCUT2D eigenvalue weighted by molar-refractivity contribution is -0.0401. The fraction of sp³-hybridized carbons (Fsp3) is 0.655. The van der Waals surface area contributed by atoms with Crippen molar-refractivity contribution in [2.75, 3.05) is 44.7 Å². The lowest BCUT2D eigenvalue weighted by Gasteiger charge is -2.54. The number of nitrogens with zero attached hydrogens (tertiary/aromatic N) is 4. The molecule has 4 bridgehead atoms. The van der Waals surface area contributed by atoms with Crippen LogP contribution in [0.25, 0.3) is 5.69 Å². The van der Waals surface area contributed by atoms with Gasteiger partial charge in [0.15, 0.2) is 5.69 Å². The van der Waals surface area contributed by atoms with E-state index >= 15 is 0 Å². The van der Waals surface area contributed by atoms with Gasteiger partial charge in [-0.25, -0.2) is 4.68 Å². The maximum absolute atomic E-state index is 13.4. The summed E-state index contributed by atoms with van der Waals surface area (Å²) in [5.41, 5.74) is 2.12. The van der Waals surface area contributed by atoms with Crippen molar-refractivity contribution in [2.24, 2.45) is 29.6 Å². The average Bonchev–Trinajstić information content (AvgIpc) is 3.20. The average molecular weight is 545 g/mol. The van der Waals surface area contributed by atoms with Crippen molar-refractivity contribution in [1.82, 2.24) is 20.0 Å². The Morgan fingerprint density at radius 1 is 1.03 bits per heavy atom. The van der Waals surface area contributed by atoms with Gasteiger partial charge in [0, 0.05) is 43.3 Å².